The number of halogens is 1. The fourth-order valence-corrected chi connectivity index (χ4v) is 3.27. The van der Waals surface area contributed by atoms with E-state index in [1.54, 1.807) is 6.92 Å². The van der Waals surface area contributed by atoms with Crippen molar-refractivity contribution in [2.45, 2.75) is 46.0 Å². The molecule has 1 aliphatic carbocycles. The summed E-state index contributed by atoms with van der Waals surface area (Å²) in [6.45, 7) is 4.50. The topological polar surface area (TPSA) is 55.1 Å². The molecule has 1 amide bonds. The van der Waals surface area contributed by atoms with E-state index in [0.29, 0.717) is 23.7 Å². The van der Waals surface area contributed by atoms with Gasteiger partial charge in [0, 0.05) is 12.2 Å². The molecule has 0 aliphatic heterocycles. The van der Waals surface area contributed by atoms with Crippen molar-refractivity contribution in [3.05, 3.63) is 29.1 Å². The summed E-state index contributed by atoms with van der Waals surface area (Å²) in [4.78, 5) is 12.1. The molecule has 0 spiro atoms. The molecule has 1 aliphatic rings. The van der Waals surface area contributed by atoms with Crippen molar-refractivity contribution in [1.29, 1.82) is 0 Å². The van der Waals surface area contributed by atoms with E-state index in [4.69, 9.17) is 5.73 Å². The number of aryl methyl sites for hydroxylation is 1. The van der Waals surface area contributed by atoms with E-state index >= 15 is 0 Å². The molecule has 1 aromatic rings. The Morgan fingerprint density at radius 2 is 2.19 bits per heavy atom. The number of carbonyl (C=O) groups is 1. The third-order valence-corrected chi connectivity index (χ3v) is 4.40. The zero-order valence-electron chi connectivity index (χ0n) is 12.9. The summed E-state index contributed by atoms with van der Waals surface area (Å²) in [5, 5.41) is 2.82. The fraction of sp³-hybridized carbons (Fsp3) is 0.588. The van der Waals surface area contributed by atoms with Crippen molar-refractivity contribution in [1.82, 2.24) is 5.32 Å². The Hall–Kier alpha value is -1.58. The molecule has 2 unspecified atom stereocenters. The van der Waals surface area contributed by atoms with Gasteiger partial charge in [0.25, 0.3) is 5.91 Å². The van der Waals surface area contributed by atoms with Crippen LogP contribution >= 0.6 is 0 Å². The average Bonchev–Trinajstić information content (AvgIpc) is 2.42. The number of carbonyl (C=O) groups excluding carboxylic acids is 1. The molecule has 0 radical (unpaired) electrons. The molecule has 1 saturated carbocycles. The molecule has 116 valence electrons. The van der Waals surface area contributed by atoms with E-state index < -0.39 is 5.82 Å². The standard InChI is InChI=1S/C17H25FN2O/c1-11-4-3-5-13(8-11)6-7-20-17(21)15-10-14(19)9-12(2)16(15)18/h9-11,13H,3-8,19H2,1-2H3,(H,20,21). The van der Waals surface area contributed by atoms with Crippen LogP contribution in [0.2, 0.25) is 0 Å². The summed E-state index contributed by atoms with van der Waals surface area (Å²) < 4.78 is 13.9. The zero-order valence-corrected chi connectivity index (χ0v) is 12.9. The third-order valence-electron chi connectivity index (χ3n) is 4.40. The van der Waals surface area contributed by atoms with Gasteiger partial charge in [0.2, 0.25) is 0 Å². The lowest BCUT2D eigenvalue weighted by molar-refractivity contribution is 0.0945. The van der Waals surface area contributed by atoms with E-state index in [-0.39, 0.29) is 11.5 Å². The summed E-state index contributed by atoms with van der Waals surface area (Å²) >= 11 is 0. The number of hydrogen-bond donors (Lipinski definition) is 2. The molecule has 1 aromatic carbocycles. The minimum absolute atomic E-state index is 0.0458. The van der Waals surface area contributed by atoms with E-state index in [1.165, 1.54) is 37.8 Å². The number of nitrogens with two attached hydrogens (primary N) is 1. The van der Waals surface area contributed by atoms with Gasteiger partial charge in [-0.15, -0.1) is 0 Å². The van der Waals surface area contributed by atoms with Crippen LogP contribution in [0.3, 0.4) is 0 Å². The molecule has 3 nitrogen and oxygen atoms in total. The number of rotatable bonds is 4. The summed E-state index contributed by atoms with van der Waals surface area (Å²) in [6.07, 6.45) is 6.05. The van der Waals surface area contributed by atoms with Gasteiger partial charge < -0.3 is 11.1 Å². The first-order chi connectivity index (χ1) is 9.97. The number of hydrogen-bond acceptors (Lipinski definition) is 2. The van der Waals surface area contributed by atoms with Gasteiger partial charge in [-0.1, -0.05) is 26.2 Å². The summed E-state index contributed by atoms with van der Waals surface area (Å²) in [6, 6.07) is 2.94. The van der Waals surface area contributed by atoms with Crippen LogP contribution in [-0.2, 0) is 0 Å². The molecular weight excluding hydrogens is 267 g/mol. The Morgan fingerprint density at radius 3 is 2.90 bits per heavy atom. The summed E-state index contributed by atoms with van der Waals surface area (Å²) in [7, 11) is 0. The van der Waals surface area contributed by atoms with E-state index in [0.717, 1.165) is 12.3 Å². The largest absolute Gasteiger partial charge is 0.399 e. The number of amides is 1. The van der Waals surface area contributed by atoms with Crippen LogP contribution in [0.15, 0.2) is 12.1 Å². The first kappa shape index (κ1) is 15.8. The van der Waals surface area contributed by atoms with Crippen LogP contribution in [-0.4, -0.2) is 12.5 Å². The molecule has 3 N–H and O–H groups in total. The molecule has 1 fully saturated rings. The molecule has 2 atom stereocenters. The number of benzene rings is 1. The minimum Gasteiger partial charge on any atom is -0.399 e. The first-order valence-electron chi connectivity index (χ1n) is 7.81. The third kappa shape index (κ3) is 4.19. The molecule has 0 bridgehead atoms. The van der Waals surface area contributed by atoms with Crippen molar-refractivity contribution >= 4 is 11.6 Å². The second kappa shape index (κ2) is 6.92. The second-order valence-electron chi connectivity index (χ2n) is 6.38. The van der Waals surface area contributed by atoms with Crippen LogP contribution in [0.5, 0.6) is 0 Å². The highest BCUT2D eigenvalue weighted by Gasteiger charge is 2.19. The average molecular weight is 292 g/mol. The van der Waals surface area contributed by atoms with Gasteiger partial charge >= 0.3 is 0 Å². The normalized spacial score (nSPS) is 22.0. The highest BCUT2D eigenvalue weighted by molar-refractivity contribution is 5.95. The molecule has 4 heteroatoms. The lowest BCUT2D eigenvalue weighted by Crippen LogP contribution is -2.28. The Bertz CT molecular complexity index is 516. The summed E-state index contributed by atoms with van der Waals surface area (Å²) in [5.74, 6) is 0.620. The maximum atomic E-state index is 13.9. The van der Waals surface area contributed by atoms with Gasteiger partial charge in [-0.25, -0.2) is 4.39 Å². The predicted molar refractivity (Wildman–Crippen MR) is 83.6 cm³/mol. The lowest BCUT2D eigenvalue weighted by atomic mass is 9.81. The summed E-state index contributed by atoms with van der Waals surface area (Å²) in [5.41, 5.74) is 6.55. The number of nitrogens with one attached hydrogen (secondary N) is 1. The Balaban J connectivity index is 1.87. The van der Waals surface area contributed by atoms with Crippen molar-refractivity contribution in [2.24, 2.45) is 11.8 Å². The van der Waals surface area contributed by atoms with Gasteiger partial charge in [0.05, 0.1) is 5.56 Å². The van der Waals surface area contributed by atoms with Crippen LogP contribution in [0.1, 0.15) is 54.9 Å². The molecule has 0 aromatic heterocycles. The van der Waals surface area contributed by atoms with Gasteiger partial charge in [0.1, 0.15) is 5.82 Å². The zero-order chi connectivity index (χ0) is 15.4. The van der Waals surface area contributed by atoms with Crippen molar-refractivity contribution < 1.29 is 9.18 Å². The van der Waals surface area contributed by atoms with Crippen molar-refractivity contribution in [3.63, 3.8) is 0 Å². The molecule has 0 saturated heterocycles. The van der Waals surface area contributed by atoms with Crippen LogP contribution in [0.4, 0.5) is 10.1 Å². The Morgan fingerprint density at radius 1 is 1.43 bits per heavy atom. The highest BCUT2D eigenvalue weighted by Crippen LogP contribution is 2.30. The number of anilines is 1. The van der Waals surface area contributed by atoms with E-state index in [2.05, 4.69) is 12.2 Å². The van der Waals surface area contributed by atoms with Gasteiger partial charge in [-0.3, -0.25) is 4.79 Å². The van der Waals surface area contributed by atoms with Crippen LogP contribution in [0, 0.1) is 24.6 Å². The van der Waals surface area contributed by atoms with E-state index in [9.17, 15) is 9.18 Å². The highest BCUT2D eigenvalue weighted by atomic mass is 19.1. The van der Waals surface area contributed by atoms with Gasteiger partial charge in [0.15, 0.2) is 0 Å². The van der Waals surface area contributed by atoms with E-state index in [1.807, 2.05) is 0 Å². The van der Waals surface area contributed by atoms with Gasteiger partial charge in [-0.05, 0) is 49.3 Å². The first-order valence-corrected chi connectivity index (χ1v) is 7.81. The van der Waals surface area contributed by atoms with Gasteiger partial charge in [-0.2, -0.15) is 0 Å². The quantitative estimate of drug-likeness (QED) is 0.832. The van der Waals surface area contributed by atoms with Crippen molar-refractivity contribution in [2.75, 3.05) is 12.3 Å². The SMILES string of the molecule is Cc1cc(N)cc(C(=O)NCCC2CCCC(C)C2)c1F. The number of nitrogen functional groups attached to an aromatic ring is 1. The fourth-order valence-electron chi connectivity index (χ4n) is 3.27. The smallest absolute Gasteiger partial charge is 0.254 e. The van der Waals surface area contributed by atoms with Crippen LogP contribution < -0.4 is 11.1 Å². The van der Waals surface area contributed by atoms with Crippen molar-refractivity contribution in [3.8, 4) is 0 Å². The molecular formula is C17H25FN2O. The Labute approximate surface area is 126 Å². The maximum Gasteiger partial charge on any atom is 0.254 e. The molecule has 21 heavy (non-hydrogen) atoms. The predicted octanol–water partition coefficient (Wildman–Crippen LogP) is 3.66. The molecule has 0 heterocycles. The maximum absolute atomic E-state index is 13.9. The second-order valence-corrected chi connectivity index (χ2v) is 6.38. The minimum atomic E-state index is -0.479. The Kier molecular flexibility index (Phi) is 5.21. The monoisotopic (exact) mass is 292 g/mol. The van der Waals surface area contributed by atoms with Crippen LogP contribution in [0.25, 0.3) is 0 Å². The lowest BCUT2D eigenvalue weighted by Gasteiger charge is -2.26. The molecule has 2 rings (SSSR count).